The van der Waals surface area contributed by atoms with Crippen LogP contribution in [0, 0.1) is 6.92 Å². The van der Waals surface area contributed by atoms with Crippen molar-refractivity contribution < 1.29 is 0 Å². The van der Waals surface area contributed by atoms with E-state index in [-0.39, 0.29) is 0 Å². The minimum absolute atomic E-state index is 1.01. The Hall–Kier alpha value is 0.0900. The molecule has 0 aliphatic heterocycles. The zero-order valence-electron chi connectivity index (χ0n) is 7.57. The molecule has 0 aromatic rings. The van der Waals surface area contributed by atoms with Gasteiger partial charge in [0.15, 0.2) is 0 Å². The molecule has 0 aliphatic rings. The maximum absolute atomic E-state index is 3.87. The highest BCUT2D eigenvalue weighted by molar-refractivity contribution is 7.99. The fourth-order valence-electron chi connectivity index (χ4n) is 0.910. The average molecular weight is 171 g/mol. The van der Waals surface area contributed by atoms with Crippen LogP contribution in [-0.4, -0.2) is 11.5 Å². The van der Waals surface area contributed by atoms with E-state index in [1.54, 1.807) is 0 Å². The van der Waals surface area contributed by atoms with Crippen molar-refractivity contribution in [3.8, 4) is 0 Å². The highest BCUT2D eigenvalue weighted by Gasteiger charge is 1.89. The summed E-state index contributed by atoms with van der Waals surface area (Å²) < 4.78 is 0. The predicted octanol–water partition coefficient (Wildman–Crippen LogP) is 3.69. The summed E-state index contributed by atoms with van der Waals surface area (Å²) in [6.45, 7) is 9.76. The van der Waals surface area contributed by atoms with Crippen molar-refractivity contribution in [1.82, 2.24) is 0 Å². The lowest BCUT2D eigenvalue weighted by Crippen LogP contribution is -1.82. The molecular weight excluding hydrogens is 152 g/mol. The third-order valence-electron chi connectivity index (χ3n) is 1.54. The van der Waals surface area contributed by atoms with Crippen LogP contribution in [-0.2, 0) is 0 Å². The van der Waals surface area contributed by atoms with Crippen LogP contribution in [0.4, 0.5) is 0 Å². The van der Waals surface area contributed by atoms with Crippen LogP contribution in [0.2, 0.25) is 0 Å². The molecule has 0 heterocycles. The van der Waals surface area contributed by atoms with Crippen LogP contribution in [0.25, 0.3) is 0 Å². The number of unbranched alkanes of at least 4 members (excludes halogenated alkanes) is 2. The summed E-state index contributed by atoms with van der Waals surface area (Å²) in [7, 11) is 0. The second-order valence-corrected chi connectivity index (χ2v) is 4.10. The van der Waals surface area contributed by atoms with Crippen molar-refractivity contribution >= 4 is 11.8 Å². The van der Waals surface area contributed by atoms with Crippen LogP contribution in [0.3, 0.4) is 0 Å². The predicted molar refractivity (Wildman–Crippen MR) is 56.0 cm³/mol. The molecule has 0 bridgehead atoms. The molecule has 0 aliphatic carbocycles. The number of hydrogen-bond donors (Lipinski definition) is 0. The largest absolute Gasteiger partial charge is 0.162 e. The molecule has 0 N–H and O–H groups in total. The van der Waals surface area contributed by atoms with E-state index in [9.17, 15) is 0 Å². The summed E-state index contributed by atoms with van der Waals surface area (Å²) in [5.74, 6) is 2.29. The van der Waals surface area contributed by atoms with Gasteiger partial charge >= 0.3 is 0 Å². The average Bonchev–Trinajstić information content (AvgIpc) is 1.96. The Morgan fingerprint density at radius 2 is 2.00 bits per heavy atom. The van der Waals surface area contributed by atoms with Gasteiger partial charge in [-0.05, 0) is 44.6 Å². The third kappa shape index (κ3) is 10.1. The Morgan fingerprint density at radius 3 is 2.55 bits per heavy atom. The summed E-state index contributed by atoms with van der Waals surface area (Å²) in [6, 6.07) is 0. The van der Waals surface area contributed by atoms with Gasteiger partial charge in [-0.3, -0.25) is 0 Å². The fourth-order valence-corrected chi connectivity index (χ4v) is 1.52. The molecule has 0 saturated carbocycles. The van der Waals surface area contributed by atoms with Crippen molar-refractivity contribution in [3.05, 3.63) is 19.1 Å². The Kier molecular flexibility index (Phi) is 8.26. The first-order valence-electron chi connectivity index (χ1n) is 4.28. The minimum atomic E-state index is 1.01. The van der Waals surface area contributed by atoms with E-state index in [1.165, 1.54) is 37.0 Å². The molecule has 0 atom stereocenters. The van der Waals surface area contributed by atoms with Gasteiger partial charge in [-0.25, -0.2) is 0 Å². The van der Waals surface area contributed by atoms with Crippen molar-refractivity contribution in [2.24, 2.45) is 0 Å². The Balaban J connectivity index is 2.85. The second-order valence-electron chi connectivity index (χ2n) is 2.88. The molecule has 0 amide bonds. The van der Waals surface area contributed by atoms with Crippen molar-refractivity contribution in [1.29, 1.82) is 0 Å². The molecule has 0 saturated heterocycles. The molecule has 0 aromatic carbocycles. The number of thioether (sulfide) groups is 1. The summed E-state index contributed by atoms with van der Waals surface area (Å²) in [5.41, 5.74) is 1.31. The fraction of sp³-hybridized carbons (Fsp3) is 0.700. The number of rotatable bonds is 7. The minimum Gasteiger partial charge on any atom is -0.162 e. The molecule has 0 rings (SSSR count). The van der Waals surface area contributed by atoms with Gasteiger partial charge in [-0.1, -0.05) is 12.0 Å². The first kappa shape index (κ1) is 11.1. The molecule has 0 aromatic heterocycles. The van der Waals surface area contributed by atoms with Crippen molar-refractivity contribution in [2.75, 3.05) is 11.5 Å². The van der Waals surface area contributed by atoms with E-state index < -0.39 is 0 Å². The van der Waals surface area contributed by atoms with E-state index in [1.807, 2.05) is 11.8 Å². The zero-order chi connectivity index (χ0) is 8.53. The van der Waals surface area contributed by atoms with Crippen LogP contribution in [0.15, 0.2) is 12.2 Å². The van der Waals surface area contributed by atoms with Gasteiger partial charge < -0.3 is 0 Å². The van der Waals surface area contributed by atoms with Gasteiger partial charge in [-0.15, -0.1) is 6.58 Å². The van der Waals surface area contributed by atoms with Gasteiger partial charge in [0.25, 0.3) is 0 Å². The zero-order valence-corrected chi connectivity index (χ0v) is 8.38. The van der Waals surface area contributed by atoms with E-state index in [0.29, 0.717) is 0 Å². The molecule has 65 valence electrons. The lowest BCUT2D eigenvalue weighted by Gasteiger charge is -1.99. The van der Waals surface area contributed by atoms with E-state index >= 15 is 0 Å². The monoisotopic (exact) mass is 171 g/mol. The van der Waals surface area contributed by atoms with Crippen LogP contribution >= 0.6 is 11.8 Å². The Morgan fingerprint density at radius 1 is 1.27 bits per heavy atom. The lowest BCUT2D eigenvalue weighted by atomic mass is 10.1. The highest BCUT2D eigenvalue weighted by atomic mass is 32.2. The molecule has 0 fully saturated rings. The van der Waals surface area contributed by atoms with E-state index in [2.05, 4.69) is 20.4 Å². The first-order valence-corrected chi connectivity index (χ1v) is 5.44. The standard InChI is InChI=1S/C10H19S/c1-4-11-9-7-5-6-8-10(2)3/h1-2,4-9H2,3H3. The Labute approximate surface area is 75.5 Å². The summed E-state index contributed by atoms with van der Waals surface area (Å²) in [5, 5.41) is 0. The van der Waals surface area contributed by atoms with Gasteiger partial charge in [0, 0.05) is 0 Å². The topological polar surface area (TPSA) is 0 Å². The number of allylic oxidation sites excluding steroid dienone is 1. The summed E-state index contributed by atoms with van der Waals surface area (Å²) in [6.07, 6.45) is 5.20. The number of hydrogen-bond acceptors (Lipinski definition) is 1. The molecule has 1 heteroatoms. The second kappa shape index (κ2) is 8.19. The smallest absolute Gasteiger partial charge is 0.00672 e. The van der Waals surface area contributed by atoms with Crippen LogP contribution in [0.5, 0.6) is 0 Å². The van der Waals surface area contributed by atoms with Crippen LogP contribution in [0.1, 0.15) is 32.6 Å². The summed E-state index contributed by atoms with van der Waals surface area (Å²) >= 11 is 1.93. The van der Waals surface area contributed by atoms with E-state index in [0.717, 1.165) is 5.75 Å². The van der Waals surface area contributed by atoms with Crippen molar-refractivity contribution in [3.63, 3.8) is 0 Å². The van der Waals surface area contributed by atoms with Crippen molar-refractivity contribution in [2.45, 2.75) is 32.6 Å². The van der Waals surface area contributed by atoms with Crippen LogP contribution < -0.4 is 0 Å². The highest BCUT2D eigenvalue weighted by Crippen LogP contribution is 2.09. The molecule has 0 spiro atoms. The normalized spacial score (nSPS) is 10.0. The van der Waals surface area contributed by atoms with Gasteiger partial charge in [0.2, 0.25) is 0 Å². The molecule has 0 unspecified atom stereocenters. The maximum Gasteiger partial charge on any atom is -0.00672 e. The molecule has 0 nitrogen and oxygen atoms in total. The molecule has 11 heavy (non-hydrogen) atoms. The maximum atomic E-state index is 3.87. The molecular formula is C10H19S. The Bertz CT molecular complexity index is 97.0. The SMILES string of the molecule is [CH2]CSCCCCCC(=C)C. The van der Waals surface area contributed by atoms with Gasteiger partial charge in [0.1, 0.15) is 0 Å². The quantitative estimate of drug-likeness (QED) is 0.416. The van der Waals surface area contributed by atoms with Gasteiger partial charge in [0.05, 0.1) is 0 Å². The van der Waals surface area contributed by atoms with Gasteiger partial charge in [-0.2, -0.15) is 11.8 Å². The third-order valence-corrected chi connectivity index (χ3v) is 2.40. The summed E-state index contributed by atoms with van der Waals surface area (Å²) in [4.78, 5) is 0. The molecule has 1 radical (unpaired) electrons. The van der Waals surface area contributed by atoms with E-state index in [4.69, 9.17) is 0 Å². The lowest BCUT2D eigenvalue weighted by molar-refractivity contribution is 0.719. The first-order chi connectivity index (χ1) is 5.27.